The summed E-state index contributed by atoms with van der Waals surface area (Å²) in [7, 11) is 0. The van der Waals surface area contributed by atoms with Gasteiger partial charge in [-0.15, -0.1) is 22.7 Å². The van der Waals surface area contributed by atoms with Crippen LogP contribution in [0.3, 0.4) is 0 Å². The molecule has 10 aromatic rings. The van der Waals surface area contributed by atoms with Crippen molar-refractivity contribution in [2.24, 2.45) is 0 Å². The Morgan fingerprint density at radius 3 is 1.39 bits per heavy atom. The van der Waals surface area contributed by atoms with E-state index in [1.54, 1.807) is 0 Å². The fourth-order valence-electron chi connectivity index (χ4n) is 8.81. The largest absolute Gasteiger partial charge is 0.310 e. The van der Waals surface area contributed by atoms with Crippen LogP contribution in [-0.4, -0.2) is 0 Å². The molecule has 256 valence electrons. The third-order valence-electron chi connectivity index (χ3n) is 11.5. The van der Waals surface area contributed by atoms with Gasteiger partial charge in [-0.3, -0.25) is 0 Å². The highest BCUT2D eigenvalue weighted by Crippen LogP contribution is 2.51. The second kappa shape index (κ2) is 12.0. The highest BCUT2D eigenvalue weighted by Gasteiger charge is 2.35. The van der Waals surface area contributed by atoms with E-state index in [-0.39, 0.29) is 5.41 Å². The lowest BCUT2D eigenvalue weighted by Gasteiger charge is -2.28. The van der Waals surface area contributed by atoms with Gasteiger partial charge in [0.1, 0.15) is 0 Å². The van der Waals surface area contributed by atoms with Crippen molar-refractivity contribution in [2.45, 2.75) is 19.3 Å². The Bertz CT molecular complexity index is 2910. The third kappa shape index (κ3) is 4.75. The van der Waals surface area contributed by atoms with Gasteiger partial charge in [-0.25, -0.2) is 0 Å². The van der Waals surface area contributed by atoms with Gasteiger partial charge in [-0.1, -0.05) is 141 Å². The van der Waals surface area contributed by atoms with E-state index >= 15 is 0 Å². The van der Waals surface area contributed by atoms with E-state index < -0.39 is 0 Å². The standard InChI is InChI=1S/C51H35NS2/c1-51(2)45-18-6-3-11-39(45)40-30-29-36(31-46(40)51)52(34-25-21-32(22-26-34)37-14-9-16-43-41-12-4-7-19-47(41)53-49(37)43)35-27-23-33(24-28-35)38-15-10-17-44-42-13-5-8-20-48(42)54-50(38)44/h3-31H,1-2H3. The molecule has 0 unspecified atom stereocenters. The first-order valence-electron chi connectivity index (χ1n) is 18.6. The van der Waals surface area contributed by atoms with Crippen molar-refractivity contribution in [1.29, 1.82) is 0 Å². The average molecular weight is 726 g/mol. The summed E-state index contributed by atoms with van der Waals surface area (Å²) in [4.78, 5) is 2.42. The topological polar surface area (TPSA) is 3.24 Å². The smallest absolute Gasteiger partial charge is 0.0465 e. The monoisotopic (exact) mass is 725 g/mol. The molecule has 0 N–H and O–H groups in total. The number of hydrogen-bond acceptors (Lipinski definition) is 3. The number of hydrogen-bond donors (Lipinski definition) is 0. The van der Waals surface area contributed by atoms with Crippen LogP contribution in [0, 0.1) is 0 Å². The fraction of sp³-hybridized carbons (Fsp3) is 0.0588. The van der Waals surface area contributed by atoms with Gasteiger partial charge in [0.15, 0.2) is 0 Å². The number of anilines is 3. The minimum atomic E-state index is -0.0901. The van der Waals surface area contributed by atoms with Crippen LogP contribution in [0.4, 0.5) is 17.1 Å². The number of fused-ring (bicyclic) bond motifs is 9. The van der Waals surface area contributed by atoms with Crippen molar-refractivity contribution in [3.05, 3.63) is 187 Å². The van der Waals surface area contributed by atoms with Gasteiger partial charge < -0.3 is 4.90 Å². The van der Waals surface area contributed by atoms with Crippen molar-refractivity contribution in [2.75, 3.05) is 4.90 Å². The zero-order chi connectivity index (χ0) is 36.0. The maximum Gasteiger partial charge on any atom is 0.0465 e. The highest BCUT2D eigenvalue weighted by molar-refractivity contribution is 7.26. The minimum absolute atomic E-state index is 0.0901. The molecule has 11 rings (SSSR count). The third-order valence-corrected chi connectivity index (χ3v) is 13.9. The molecule has 2 aromatic heterocycles. The number of rotatable bonds is 5. The lowest BCUT2D eigenvalue weighted by molar-refractivity contribution is 0.660. The van der Waals surface area contributed by atoms with E-state index in [1.165, 1.54) is 84.9 Å². The van der Waals surface area contributed by atoms with Crippen molar-refractivity contribution in [1.82, 2.24) is 0 Å². The molecule has 1 nitrogen and oxygen atoms in total. The zero-order valence-electron chi connectivity index (χ0n) is 30.0. The molecule has 0 saturated heterocycles. The van der Waals surface area contributed by atoms with Crippen molar-refractivity contribution in [3.8, 4) is 33.4 Å². The Morgan fingerprint density at radius 1 is 0.370 bits per heavy atom. The highest BCUT2D eigenvalue weighted by atomic mass is 32.1. The lowest BCUT2D eigenvalue weighted by atomic mass is 9.82. The van der Waals surface area contributed by atoms with E-state index in [9.17, 15) is 0 Å². The summed E-state index contributed by atoms with van der Waals surface area (Å²) in [6, 6.07) is 65.2. The lowest BCUT2D eigenvalue weighted by Crippen LogP contribution is -2.16. The molecule has 0 saturated carbocycles. The first-order chi connectivity index (χ1) is 26.5. The fourth-order valence-corrected chi connectivity index (χ4v) is 11.3. The molecule has 1 aliphatic carbocycles. The Labute approximate surface area is 323 Å². The van der Waals surface area contributed by atoms with Crippen LogP contribution in [0.2, 0.25) is 0 Å². The molecule has 0 spiro atoms. The predicted octanol–water partition coefficient (Wildman–Crippen LogP) is 15.5. The number of nitrogens with zero attached hydrogens (tertiary/aromatic N) is 1. The Kier molecular flexibility index (Phi) is 7.01. The Morgan fingerprint density at radius 2 is 0.815 bits per heavy atom. The molecule has 0 bridgehead atoms. The summed E-state index contributed by atoms with van der Waals surface area (Å²) in [5, 5.41) is 5.31. The Balaban J connectivity index is 1.04. The van der Waals surface area contributed by atoms with E-state index in [4.69, 9.17) is 0 Å². The van der Waals surface area contributed by atoms with Crippen LogP contribution in [0.15, 0.2) is 176 Å². The summed E-state index contributed by atoms with van der Waals surface area (Å²) in [5.74, 6) is 0. The summed E-state index contributed by atoms with van der Waals surface area (Å²) < 4.78 is 5.34. The first kappa shape index (κ1) is 31.5. The van der Waals surface area contributed by atoms with Gasteiger partial charge in [-0.05, 0) is 93.0 Å². The molecular weight excluding hydrogens is 691 g/mol. The predicted molar refractivity (Wildman–Crippen MR) is 235 cm³/mol. The van der Waals surface area contributed by atoms with Crippen LogP contribution >= 0.6 is 22.7 Å². The van der Waals surface area contributed by atoms with Crippen LogP contribution in [0.5, 0.6) is 0 Å². The number of benzene rings is 8. The maximum absolute atomic E-state index is 2.42. The summed E-state index contributed by atoms with van der Waals surface area (Å²) in [5.41, 5.74) is 13.8. The van der Waals surface area contributed by atoms with Crippen LogP contribution in [-0.2, 0) is 5.41 Å². The van der Waals surface area contributed by atoms with Gasteiger partial charge >= 0.3 is 0 Å². The van der Waals surface area contributed by atoms with E-state index in [0.717, 1.165) is 17.1 Å². The molecule has 54 heavy (non-hydrogen) atoms. The van der Waals surface area contributed by atoms with E-state index in [0.29, 0.717) is 0 Å². The first-order valence-corrected chi connectivity index (χ1v) is 20.2. The van der Waals surface area contributed by atoms with Gasteiger partial charge in [0, 0.05) is 62.8 Å². The zero-order valence-corrected chi connectivity index (χ0v) is 31.6. The molecule has 3 heteroatoms. The van der Waals surface area contributed by atoms with Gasteiger partial charge in [0.2, 0.25) is 0 Å². The minimum Gasteiger partial charge on any atom is -0.310 e. The molecule has 2 heterocycles. The maximum atomic E-state index is 2.42. The molecule has 0 amide bonds. The van der Waals surface area contributed by atoms with Crippen molar-refractivity contribution >= 4 is 80.1 Å². The molecule has 1 aliphatic rings. The molecular formula is C51H35NS2. The molecule has 8 aromatic carbocycles. The van der Waals surface area contributed by atoms with Crippen molar-refractivity contribution < 1.29 is 0 Å². The average Bonchev–Trinajstić information content (AvgIpc) is 3.87. The van der Waals surface area contributed by atoms with Crippen molar-refractivity contribution in [3.63, 3.8) is 0 Å². The molecule has 0 atom stereocenters. The van der Waals surface area contributed by atoms with E-state index in [1.807, 2.05) is 22.7 Å². The van der Waals surface area contributed by atoms with Crippen LogP contribution in [0.1, 0.15) is 25.0 Å². The van der Waals surface area contributed by atoms with E-state index in [2.05, 4.69) is 195 Å². The van der Waals surface area contributed by atoms with Gasteiger partial charge in [-0.2, -0.15) is 0 Å². The van der Waals surface area contributed by atoms with Gasteiger partial charge in [0.25, 0.3) is 0 Å². The quantitative estimate of drug-likeness (QED) is 0.171. The second-order valence-electron chi connectivity index (χ2n) is 14.9. The normalized spacial score (nSPS) is 13.1. The molecule has 0 fully saturated rings. The SMILES string of the molecule is CC1(C)c2ccccc2-c2ccc(N(c3ccc(-c4cccc5c4sc4ccccc45)cc3)c3ccc(-c4cccc5c4sc4ccccc45)cc3)cc21. The van der Waals surface area contributed by atoms with Crippen LogP contribution < -0.4 is 4.90 Å². The van der Waals surface area contributed by atoms with Gasteiger partial charge in [0.05, 0.1) is 0 Å². The summed E-state index contributed by atoms with van der Waals surface area (Å²) in [6.45, 7) is 4.72. The summed E-state index contributed by atoms with van der Waals surface area (Å²) in [6.07, 6.45) is 0. The molecule has 0 radical (unpaired) electrons. The summed E-state index contributed by atoms with van der Waals surface area (Å²) >= 11 is 3.77. The molecule has 0 aliphatic heterocycles. The van der Waals surface area contributed by atoms with Crippen LogP contribution in [0.25, 0.3) is 73.7 Å². The number of thiophene rings is 2. The second-order valence-corrected chi connectivity index (χ2v) is 17.0. The Hall–Kier alpha value is -6.00.